The summed E-state index contributed by atoms with van der Waals surface area (Å²) in [5.74, 6) is 0.632. The van der Waals surface area contributed by atoms with Gasteiger partial charge in [-0.05, 0) is 30.3 Å². The van der Waals surface area contributed by atoms with Crippen LogP contribution in [0.2, 0.25) is 10.0 Å². The molecule has 0 radical (unpaired) electrons. The number of amides is 1. The molecule has 5 nitrogen and oxygen atoms in total. The van der Waals surface area contributed by atoms with E-state index in [1.54, 1.807) is 24.3 Å². The van der Waals surface area contributed by atoms with Crippen molar-refractivity contribution in [3.63, 3.8) is 0 Å². The number of pyridine rings is 1. The second kappa shape index (κ2) is 7.15. The predicted octanol–water partition coefficient (Wildman–Crippen LogP) is 2.98. The topological polar surface area (TPSA) is 77.2 Å². The first-order chi connectivity index (χ1) is 10.1. The van der Waals surface area contributed by atoms with Gasteiger partial charge in [-0.3, -0.25) is 4.79 Å². The van der Waals surface area contributed by atoms with Crippen molar-refractivity contribution < 1.29 is 9.53 Å². The number of rotatable bonds is 6. The molecule has 0 saturated carbocycles. The lowest BCUT2D eigenvalue weighted by Gasteiger charge is -2.09. The molecule has 0 fully saturated rings. The van der Waals surface area contributed by atoms with Crippen LogP contribution in [0, 0.1) is 0 Å². The molecule has 110 valence electrons. The van der Waals surface area contributed by atoms with Crippen LogP contribution in [0.25, 0.3) is 0 Å². The molecule has 1 aromatic carbocycles. The maximum atomic E-state index is 11.0. The van der Waals surface area contributed by atoms with Crippen molar-refractivity contribution >= 4 is 34.9 Å². The SMILES string of the molecule is NC(=O)c1cnc(NCCOc2ccc(Cl)cc2)c(Cl)c1. The van der Waals surface area contributed by atoms with Crippen LogP contribution in [0.4, 0.5) is 5.82 Å². The Morgan fingerprint density at radius 2 is 2.00 bits per heavy atom. The Bertz CT molecular complexity index is 633. The van der Waals surface area contributed by atoms with Crippen molar-refractivity contribution in [1.29, 1.82) is 0 Å². The van der Waals surface area contributed by atoms with E-state index >= 15 is 0 Å². The minimum absolute atomic E-state index is 0.267. The molecule has 0 unspecified atom stereocenters. The van der Waals surface area contributed by atoms with E-state index in [-0.39, 0.29) is 5.56 Å². The second-order valence-electron chi connectivity index (χ2n) is 4.15. The largest absolute Gasteiger partial charge is 0.492 e. The summed E-state index contributed by atoms with van der Waals surface area (Å²) in [6.45, 7) is 0.933. The van der Waals surface area contributed by atoms with Gasteiger partial charge >= 0.3 is 0 Å². The minimum Gasteiger partial charge on any atom is -0.492 e. The first kappa shape index (κ1) is 15.4. The Balaban J connectivity index is 1.83. The molecule has 0 atom stereocenters. The van der Waals surface area contributed by atoms with Crippen LogP contribution >= 0.6 is 23.2 Å². The maximum absolute atomic E-state index is 11.0. The molecule has 7 heteroatoms. The number of benzene rings is 1. The highest BCUT2D eigenvalue weighted by molar-refractivity contribution is 6.33. The monoisotopic (exact) mass is 325 g/mol. The van der Waals surface area contributed by atoms with Gasteiger partial charge in [-0.15, -0.1) is 0 Å². The quantitative estimate of drug-likeness (QED) is 0.800. The van der Waals surface area contributed by atoms with Crippen molar-refractivity contribution in [3.05, 3.63) is 52.1 Å². The van der Waals surface area contributed by atoms with Crippen molar-refractivity contribution in [2.75, 3.05) is 18.5 Å². The zero-order valence-corrected chi connectivity index (χ0v) is 12.5. The van der Waals surface area contributed by atoms with E-state index in [4.69, 9.17) is 33.7 Å². The third-order valence-electron chi connectivity index (χ3n) is 2.60. The van der Waals surface area contributed by atoms with Gasteiger partial charge in [0.25, 0.3) is 0 Å². The summed E-state index contributed by atoms with van der Waals surface area (Å²) in [5, 5.41) is 4.00. The van der Waals surface area contributed by atoms with Crippen molar-refractivity contribution in [2.45, 2.75) is 0 Å². The van der Waals surface area contributed by atoms with E-state index in [2.05, 4.69) is 10.3 Å². The zero-order valence-electron chi connectivity index (χ0n) is 11.0. The summed E-state index contributed by atoms with van der Waals surface area (Å²) in [4.78, 5) is 15.0. The first-order valence-electron chi connectivity index (χ1n) is 6.14. The number of aromatic nitrogens is 1. The minimum atomic E-state index is -0.568. The van der Waals surface area contributed by atoms with Crippen LogP contribution in [0.1, 0.15) is 10.4 Å². The number of nitrogens with zero attached hydrogens (tertiary/aromatic N) is 1. The van der Waals surface area contributed by atoms with Gasteiger partial charge in [0, 0.05) is 11.2 Å². The van der Waals surface area contributed by atoms with Gasteiger partial charge < -0.3 is 15.8 Å². The van der Waals surface area contributed by atoms with Crippen molar-refractivity contribution in [3.8, 4) is 5.75 Å². The zero-order chi connectivity index (χ0) is 15.2. The fourth-order valence-electron chi connectivity index (χ4n) is 1.57. The van der Waals surface area contributed by atoms with Crippen LogP contribution in [0.15, 0.2) is 36.5 Å². The van der Waals surface area contributed by atoms with Gasteiger partial charge in [0.1, 0.15) is 18.2 Å². The smallest absolute Gasteiger partial charge is 0.250 e. The first-order valence-corrected chi connectivity index (χ1v) is 6.89. The molecule has 2 aromatic rings. The lowest BCUT2D eigenvalue weighted by molar-refractivity contribution is 0.1000. The molecule has 3 N–H and O–H groups in total. The molecule has 1 heterocycles. The molecular formula is C14H13Cl2N3O2. The average molecular weight is 326 g/mol. The summed E-state index contributed by atoms with van der Waals surface area (Å²) in [7, 11) is 0. The lowest BCUT2D eigenvalue weighted by atomic mass is 10.3. The number of hydrogen-bond donors (Lipinski definition) is 2. The van der Waals surface area contributed by atoms with Crippen molar-refractivity contribution in [1.82, 2.24) is 4.98 Å². The van der Waals surface area contributed by atoms with Crippen LogP contribution in [0.5, 0.6) is 5.75 Å². The van der Waals surface area contributed by atoms with E-state index in [0.717, 1.165) is 5.75 Å². The number of carbonyl (C=O) groups is 1. The molecule has 1 amide bonds. The number of hydrogen-bond acceptors (Lipinski definition) is 4. The molecule has 0 spiro atoms. The molecule has 2 rings (SSSR count). The second-order valence-corrected chi connectivity index (χ2v) is 4.99. The summed E-state index contributed by atoms with van der Waals surface area (Å²) < 4.78 is 5.52. The van der Waals surface area contributed by atoms with Gasteiger partial charge in [-0.1, -0.05) is 23.2 Å². The van der Waals surface area contributed by atoms with Gasteiger partial charge in [0.2, 0.25) is 5.91 Å². The molecule has 0 aliphatic heterocycles. The Morgan fingerprint density at radius 3 is 2.62 bits per heavy atom. The molecular weight excluding hydrogens is 313 g/mol. The molecule has 0 bridgehead atoms. The summed E-state index contributed by atoms with van der Waals surface area (Å²) in [5.41, 5.74) is 5.41. The highest BCUT2D eigenvalue weighted by atomic mass is 35.5. The van der Waals surface area contributed by atoms with E-state index in [1.807, 2.05) is 0 Å². The van der Waals surface area contributed by atoms with E-state index in [0.29, 0.717) is 29.0 Å². The Labute approximate surface area is 132 Å². The van der Waals surface area contributed by atoms with Crippen LogP contribution < -0.4 is 15.8 Å². The Morgan fingerprint density at radius 1 is 1.29 bits per heavy atom. The highest BCUT2D eigenvalue weighted by Gasteiger charge is 2.06. The number of halogens is 2. The maximum Gasteiger partial charge on any atom is 0.250 e. The van der Waals surface area contributed by atoms with Gasteiger partial charge in [0.05, 0.1) is 17.1 Å². The Kier molecular flexibility index (Phi) is 5.25. The summed E-state index contributed by atoms with van der Waals surface area (Å²) >= 11 is 11.8. The van der Waals surface area contributed by atoms with Crippen molar-refractivity contribution in [2.24, 2.45) is 5.73 Å². The molecule has 0 saturated heterocycles. The third kappa shape index (κ3) is 4.51. The number of nitrogens with one attached hydrogen (secondary N) is 1. The van der Waals surface area contributed by atoms with Gasteiger partial charge in [-0.2, -0.15) is 0 Å². The van der Waals surface area contributed by atoms with Gasteiger partial charge in [0.15, 0.2) is 0 Å². The third-order valence-corrected chi connectivity index (χ3v) is 3.14. The number of primary amides is 1. The van der Waals surface area contributed by atoms with E-state index in [1.165, 1.54) is 12.3 Å². The fraction of sp³-hybridized carbons (Fsp3) is 0.143. The van der Waals surface area contributed by atoms with Crippen LogP contribution in [0.3, 0.4) is 0 Å². The summed E-state index contributed by atoms with van der Waals surface area (Å²) in [6, 6.07) is 8.56. The Hall–Kier alpha value is -1.98. The van der Waals surface area contributed by atoms with Crippen LogP contribution in [-0.2, 0) is 0 Å². The van der Waals surface area contributed by atoms with E-state index in [9.17, 15) is 4.79 Å². The van der Waals surface area contributed by atoms with E-state index < -0.39 is 5.91 Å². The number of nitrogens with two attached hydrogens (primary N) is 1. The normalized spacial score (nSPS) is 10.2. The molecule has 0 aliphatic carbocycles. The standard InChI is InChI=1S/C14H13Cl2N3O2/c15-10-1-3-11(4-2-10)21-6-5-18-14-12(16)7-9(8-19-14)13(17)20/h1-4,7-8H,5-6H2,(H2,17,20)(H,18,19). The predicted molar refractivity (Wildman–Crippen MR) is 83.2 cm³/mol. The average Bonchev–Trinajstić information content (AvgIpc) is 2.46. The fourth-order valence-corrected chi connectivity index (χ4v) is 1.93. The highest BCUT2D eigenvalue weighted by Crippen LogP contribution is 2.20. The molecule has 1 aromatic heterocycles. The molecule has 21 heavy (non-hydrogen) atoms. The number of carbonyl (C=O) groups excluding carboxylic acids is 1. The number of anilines is 1. The summed E-state index contributed by atoms with van der Waals surface area (Å²) in [6.07, 6.45) is 1.37. The molecule has 0 aliphatic rings. The number of ether oxygens (including phenoxy) is 1. The van der Waals surface area contributed by atoms with Gasteiger partial charge in [-0.25, -0.2) is 4.98 Å². The lowest BCUT2D eigenvalue weighted by Crippen LogP contribution is -2.14. The van der Waals surface area contributed by atoms with Crippen LogP contribution in [-0.4, -0.2) is 24.0 Å².